The summed E-state index contributed by atoms with van der Waals surface area (Å²) in [6, 6.07) is 7.37. The Kier molecular flexibility index (Phi) is 5.21. The van der Waals surface area contributed by atoms with Gasteiger partial charge in [-0.1, -0.05) is 42.6 Å². The zero-order valence-corrected chi connectivity index (χ0v) is 14.5. The molecule has 0 aliphatic heterocycles. The first kappa shape index (κ1) is 17.0. The standard InChI is InChI=1S/C18H22ClN3O2/c1-22(11-12-6-2-5-9-16(12)23)18(24)14-10-20-21-17(14)13-7-3-4-8-15(13)19/h3-4,7-8,10,12,16,23H,2,5-6,9,11H2,1H3,(H,20,21). The van der Waals surface area contributed by atoms with E-state index >= 15 is 0 Å². The van der Waals surface area contributed by atoms with Gasteiger partial charge < -0.3 is 10.0 Å². The van der Waals surface area contributed by atoms with Crippen LogP contribution in [0.1, 0.15) is 36.0 Å². The Hall–Kier alpha value is -1.85. The Morgan fingerprint density at radius 1 is 1.38 bits per heavy atom. The van der Waals surface area contributed by atoms with Crippen molar-refractivity contribution in [3.05, 3.63) is 41.0 Å². The van der Waals surface area contributed by atoms with E-state index in [1.807, 2.05) is 18.2 Å². The van der Waals surface area contributed by atoms with E-state index in [-0.39, 0.29) is 17.9 Å². The van der Waals surface area contributed by atoms with Crippen molar-refractivity contribution in [1.29, 1.82) is 0 Å². The lowest BCUT2D eigenvalue weighted by atomic mass is 9.86. The predicted molar refractivity (Wildman–Crippen MR) is 94.0 cm³/mol. The van der Waals surface area contributed by atoms with Crippen LogP contribution in [0.5, 0.6) is 0 Å². The first-order valence-corrected chi connectivity index (χ1v) is 8.67. The van der Waals surface area contributed by atoms with E-state index in [1.165, 1.54) is 6.20 Å². The van der Waals surface area contributed by atoms with Crippen LogP contribution in [0.4, 0.5) is 0 Å². The Balaban J connectivity index is 1.78. The highest BCUT2D eigenvalue weighted by Gasteiger charge is 2.27. The molecule has 1 aliphatic carbocycles. The third-order valence-electron chi connectivity index (χ3n) is 4.74. The number of aromatic amines is 1. The average Bonchev–Trinajstić information content (AvgIpc) is 3.06. The van der Waals surface area contributed by atoms with Gasteiger partial charge in [0.1, 0.15) is 0 Å². The van der Waals surface area contributed by atoms with Crippen molar-refractivity contribution >= 4 is 17.5 Å². The fourth-order valence-electron chi connectivity index (χ4n) is 3.36. The molecule has 0 bridgehead atoms. The van der Waals surface area contributed by atoms with Gasteiger partial charge in [0.15, 0.2) is 0 Å². The van der Waals surface area contributed by atoms with Gasteiger partial charge in [-0.25, -0.2) is 0 Å². The number of H-pyrrole nitrogens is 1. The minimum Gasteiger partial charge on any atom is -0.393 e. The van der Waals surface area contributed by atoms with Crippen LogP contribution < -0.4 is 0 Å². The number of hydrogen-bond donors (Lipinski definition) is 2. The number of halogens is 1. The number of rotatable bonds is 4. The number of aliphatic hydroxyl groups is 1. The van der Waals surface area contributed by atoms with Crippen LogP contribution in [0.15, 0.2) is 30.5 Å². The molecule has 1 fully saturated rings. The predicted octanol–water partition coefficient (Wildman–Crippen LogP) is 3.35. The summed E-state index contributed by atoms with van der Waals surface area (Å²) in [5.41, 5.74) is 1.88. The maximum Gasteiger partial charge on any atom is 0.257 e. The van der Waals surface area contributed by atoms with Gasteiger partial charge in [-0.2, -0.15) is 5.10 Å². The van der Waals surface area contributed by atoms with Crippen LogP contribution in [0, 0.1) is 5.92 Å². The molecule has 3 rings (SSSR count). The Morgan fingerprint density at radius 2 is 2.12 bits per heavy atom. The molecule has 0 saturated heterocycles. The molecule has 2 unspecified atom stereocenters. The molecule has 2 aromatic rings. The van der Waals surface area contributed by atoms with Gasteiger partial charge in [-0.15, -0.1) is 0 Å². The summed E-state index contributed by atoms with van der Waals surface area (Å²) in [6.07, 6.45) is 5.18. The maximum absolute atomic E-state index is 12.8. The van der Waals surface area contributed by atoms with Crippen molar-refractivity contribution in [3.8, 4) is 11.3 Å². The normalized spacial score (nSPS) is 20.8. The van der Waals surface area contributed by atoms with Crippen molar-refractivity contribution in [2.45, 2.75) is 31.8 Å². The van der Waals surface area contributed by atoms with Crippen LogP contribution in [-0.4, -0.2) is 45.8 Å². The summed E-state index contributed by atoms with van der Waals surface area (Å²) >= 11 is 6.24. The Labute approximate surface area is 146 Å². The van der Waals surface area contributed by atoms with Crippen LogP contribution in [0.2, 0.25) is 5.02 Å². The number of amides is 1. The summed E-state index contributed by atoms with van der Waals surface area (Å²) < 4.78 is 0. The average molecular weight is 348 g/mol. The number of aromatic nitrogens is 2. The Bertz CT molecular complexity index is 716. The molecule has 6 heteroatoms. The molecule has 2 atom stereocenters. The first-order chi connectivity index (χ1) is 11.6. The molecular weight excluding hydrogens is 326 g/mol. The second-order valence-electron chi connectivity index (χ2n) is 6.44. The van der Waals surface area contributed by atoms with Crippen LogP contribution in [-0.2, 0) is 0 Å². The molecule has 0 radical (unpaired) electrons. The van der Waals surface area contributed by atoms with E-state index in [0.29, 0.717) is 22.8 Å². The molecule has 5 nitrogen and oxygen atoms in total. The molecular formula is C18H22ClN3O2. The van der Waals surface area contributed by atoms with Gasteiger partial charge in [-0.05, 0) is 18.9 Å². The van der Waals surface area contributed by atoms with E-state index in [9.17, 15) is 9.90 Å². The molecule has 1 heterocycles. The largest absolute Gasteiger partial charge is 0.393 e. The number of carbonyl (C=O) groups excluding carboxylic acids is 1. The molecule has 1 saturated carbocycles. The van der Waals surface area contributed by atoms with Crippen LogP contribution in [0.3, 0.4) is 0 Å². The summed E-state index contributed by atoms with van der Waals surface area (Å²) in [6.45, 7) is 0.549. The van der Waals surface area contributed by atoms with E-state index in [0.717, 1.165) is 31.2 Å². The van der Waals surface area contributed by atoms with E-state index < -0.39 is 0 Å². The second-order valence-corrected chi connectivity index (χ2v) is 6.84. The van der Waals surface area contributed by atoms with Gasteiger partial charge in [-0.3, -0.25) is 9.89 Å². The highest BCUT2D eigenvalue weighted by molar-refractivity contribution is 6.33. The second kappa shape index (κ2) is 7.36. The third-order valence-corrected chi connectivity index (χ3v) is 5.07. The number of carbonyl (C=O) groups is 1. The van der Waals surface area contributed by atoms with Crippen LogP contribution >= 0.6 is 11.6 Å². The molecule has 1 aliphatic rings. The number of aliphatic hydroxyl groups excluding tert-OH is 1. The van der Waals surface area contributed by atoms with E-state index in [1.54, 1.807) is 18.0 Å². The number of hydrogen-bond acceptors (Lipinski definition) is 3. The maximum atomic E-state index is 12.8. The lowest BCUT2D eigenvalue weighted by molar-refractivity contribution is 0.0451. The van der Waals surface area contributed by atoms with Crippen molar-refractivity contribution in [1.82, 2.24) is 15.1 Å². The van der Waals surface area contributed by atoms with Crippen LogP contribution in [0.25, 0.3) is 11.3 Å². The van der Waals surface area contributed by atoms with Crippen molar-refractivity contribution in [2.24, 2.45) is 5.92 Å². The number of nitrogens with zero attached hydrogens (tertiary/aromatic N) is 2. The minimum atomic E-state index is -0.318. The molecule has 0 spiro atoms. The zero-order chi connectivity index (χ0) is 17.1. The summed E-state index contributed by atoms with van der Waals surface area (Å²) in [5.74, 6) is 0.0276. The monoisotopic (exact) mass is 347 g/mol. The van der Waals surface area contributed by atoms with Gasteiger partial charge in [0, 0.05) is 30.1 Å². The quantitative estimate of drug-likeness (QED) is 0.891. The highest BCUT2D eigenvalue weighted by atomic mass is 35.5. The fraction of sp³-hybridized carbons (Fsp3) is 0.444. The van der Waals surface area contributed by atoms with E-state index in [2.05, 4.69) is 10.2 Å². The summed E-state index contributed by atoms with van der Waals surface area (Å²) in [7, 11) is 1.77. The molecule has 2 N–H and O–H groups in total. The number of nitrogens with one attached hydrogen (secondary N) is 1. The SMILES string of the molecule is CN(CC1CCCCC1O)C(=O)c1cn[nH]c1-c1ccccc1Cl. The van der Waals surface area contributed by atoms with Gasteiger partial charge in [0.05, 0.1) is 23.6 Å². The van der Waals surface area contributed by atoms with Crippen molar-refractivity contribution in [2.75, 3.05) is 13.6 Å². The minimum absolute atomic E-state index is 0.114. The molecule has 128 valence electrons. The van der Waals surface area contributed by atoms with Gasteiger partial charge >= 0.3 is 0 Å². The number of benzene rings is 1. The zero-order valence-electron chi connectivity index (χ0n) is 13.7. The summed E-state index contributed by atoms with van der Waals surface area (Å²) in [5, 5.41) is 17.6. The van der Waals surface area contributed by atoms with Crippen molar-refractivity contribution < 1.29 is 9.90 Å². The molecule has 1 amide bonds. The first-order valence-electron chi connectivity index (χ1n) is 8.29. The lowest BCUT2D eigenvalue weighted by Gasteiger charge is -2.31. The molecule has 24 heavy (non-hydrogen) atoms. The smallest absolute Gasteiger partial charge is 0.257 e. The van der Waals surface area contributed by atoms with Gasteiger partial charge in [0.25, 0.3) is 5.91 Å². The van der Waals surface area contributed by atoms with Crippen molar-refractivity contribution in [3.63, 3.8) is 0 Å². The molecule has 1 aromatic heterocycles. The summed E-state index contributed by atoms with van der Waals surface area (Å²) in [4.78, 5) is 14.5. The van der Waals surface area contributed by atoms with E-state index in [4.69, 9.17) is 11.6 Å². The topological polar surface area (TPSA) is 69.2 Å². The Morgan fingerprint density at radius 3 is 2.88 bits per heavy atom. The third kappa shape index (κ3) is 3.47. The highest BCUT2D eigenvalue weighted by Crippen LogP contribution is 2.30. The lowest BCUT2D eigenvalue weighted by Crippen LogP contribution is -2.38. The fourth-order valence-corrected chi connectivity index (χ4v) is 3.59. The molecule has 1 aromatic carbocycles. The van der Waals surface area contributed by atoms with Gasteiger partial charge in [0.2, 0.25) is 0 Å².